The van der Waals surface area contributed by atoms with Crippen molar-refractivity contribution in [1.82, 2.24) is 4.98 Å². The second kappa shape index (κ2) is 4.74. The predicted molar refractivity (Wildman–Crippen MR) is 70.6 cm³/mol. The Kier molecular flexibility index (Phi) is 3.30. The number of nitrogens with zero attached hydrogens (tertiary/aromatic N) is 1. The van der Waals surface area contributed by atoms with Gasteiger partial charge in [-0.3, -0.25) is 0 Å². The van der Waals surface area contributed by atoms with Crippen LogP contribution in [0, 0.1) is 19.7 Å². The molecule has 18 heavy (non-hydrogen) atoms. The van der Waals surface area contributed by atoms with E-state index >= 15 is 0 Å². The summed E-state index contributed by atoms with van der Waals surface area (Å²) in [5.41, 5.74) is 15.4. The van der Waals surface area contributed by atoms with Crippen LogP contribution < -0.4 is 11.5 Å². The molecule has 0 saturated heterocycles. The first-order chi connectivity index (χ1) is 8.49. The summed E-state index contributed by atoms with van der Waals surface area (Å²) in [5.74, 6) is 0.0852. The van der Waals surface area contributed by atoms with Gasteiger partial charge in [-0.1, -0.05) is 6.07 Å². The molecular weight excluding hydrogens is 229 g/mol. The Morgan fingerprint density at radius 2 is 1.89 bits per heavy atom. The number of halogens is 1. The van der Waals surface area contributed by atoms with E-state index < -0.39 is 6.04 Å². The van der Waals surface area contributed by atoms with Gasteiger partial charge in [0.05, 0.1) is 6.04 Å². The fourth-order valence-electron chi connectivity index (χ4n) is 1.97. The van der Waals surface area contributed by atoms with E-state index in [0.717, 1.165) is 22.3 Å². The number of nitrogens with two attached hydrogens (primary N) is 2. The van der Waals surface area contributed by atoms with E-state index in [-0.39, 0.29) is 5.82 Å². The third-order valence-electron chi connectivity index (χ3n) is 3.00. The zero-order valence-electron chi connectivity index (χ0n) is 10.4. The second-order valence-corrected chi connectivity index (χ2v) is 4.47. The van der Waals surface area contributed by atoms with Gasteiger partial charge < -0.3 is 11.5 Å². The molecule has 4 N–H and O–H groups in total. The molecule has 1 atom stereocenters. The molecule has 0 aliphatic heterocycles. The summed E-state index contributed by atoms with van der Waals surface area (Å²) in [6.07, 6.45) is 1.68. The highest BCUT2D eigenvalue weighted by Gasteiger charge is 2.15. The van der Waals surface area contributed by atoms with Crippen LogP contribution in [0.15, 0.2) is 30.5 Å². The van der Waals surface area contributed by atoms with Crippen molar-refractivity contribution in [2.24, 2.45) is 5.73 Å². The number of hydrogen-bond donors (Lipinski definition) is 2. The zero-order valence-corrected chi connectivity index (χ0v) is 10.4. The first-order valence-corrected chi connectivity index (χ1v) is 5.72. The molecular formula is C14H16FN3. The molecule has 0 aliphatic rings. The number of aromatic nitrogens is 1. The standard InChI is InChI=1S/C14H16FN3/c1-8-5-12(14(17)18-7-8)13(16)11-6-10(15)4-3-9(11)2/h3-7,13H,16H2,1-2H3,(H2,17,18). The van der Waals surface area contributed by atoms with Crippen molar-refractivity contribution in [2.45, 2.75) is 19.9 Å². The lowest BCUT2D eigenvalue weighted by atomic mass is 9.95. The molecule has 2 aromatic rings. The summed E-state index contributed by atoms with van der Waals surface area (Å²) in [5, 5.41) is 0. The molecule has 0 spiro atoms. The van der Waals surface area contributed by atoms with Crippen molar-refractivity contribution >= 4 is 5.82 Å². The van der Waals surface area contributed by atoms with Gasteiger partial charge in [-0.15, -0.1) is 0 Å². The average Bonchev–Trinajstić information content (AvgIpc) is 2.34. The van der Waals surface area contributed by atoms with Crippen LogP contribution in [0.4, 0.5) is 10.2 Å². The highest BCUT2D eigenvalue weighted by molar-refractivity contribution is 5.48. The van der Waals surface area contributed by atoms with Crippen LogP contribution in [-0.4, -0.2) is 4.98 Å². The van der Waals surface area contributed by atoms with Crippen LogP contribution in [0.2, 0.25) is 0 Å². The van der Waals surface area contributed by atoms with E-state index in [0.29, 0.717) is 5.82 Å². The summed E-state index contributed by atoms with van der Waals surface area (Å²) in [6.45, 7) is 3.81. The van der Waals surface area contributed by atoms with Crippen LogP contribution in [0.25, 0.3) is 0 Å². The van der Waals surface area contributed by atoms with E-state index in [1.54, 1.807) is 12.3 Å². The molecule has 3 nitrogen and oxygen atoms in total. The third kappa shape index (κ3) is 2.33. The monoisotopic (exact) mass is 245 g/mol. The minimum absolute atomic E-state index is 0.301. The van der Waals surface area contributed by atoms with Gasteiger partial charge in [0.1, 0.15) is 11.6 Å². The first kappa shape index (κ1) is 12.5. The van der Waals surface area contributed by atoms with Crippen molar-refractivity contribution in [3.05, 3.63) is 58.5 Å². The van der Waals surface area contributed by atoms with E-state index in [1.807, 2.05) is 19.9 Å². The topological polar surface area (TPSA) is 64.9 Å². The van der Waals surface area contributed by atoms with Gasteiger partial charge in [-0.25, -0.2) is 9.37 Å². The maximum Gasteiger partial charge on any atom is 0.128 e. The summed E-state index contributed by atoms with van der Waals surface area (Å²) in [7, 11) is 0. The van der Waals surface area contributed by atoms with Crippen molar-refractivity contribution in [1.29, 1.82) is 0 Å². The maximum atomic E-state index is 13.3. The molecule has 0 bridgehead atoms. The van der Waals surface area contributed by atoms with Gasteiger partial charge in [0.15, 0.2) is 0 Å². The Balaban J connectivity index is 2.50. The molecule has 0 radical (unpaired) electrons. The summed E-state index contributed by atoms with van der Waals surface area (Å²) >= 11 is 0. The van der Waals surface area contributed by atoms with Gasteiger partial charge in [0, 0.05) is 11.8 Å². The minimum Gasteiger partial charge on any atom is -0.383 e. The molecule has 0 saturated carbocycles. The van der Waals surface area contributed by atoms with Crippen LogP contribution in [0.1, 0.15) is 28.3 Å². The minimum atomic E-state index is -0.465. The van der Waals surface area contributed by atoms with Crippen molar-refractivity contribution < 1.29 is 4.39 Å². The molecule has 94 valence electrons. The average molecular weight is 245 g/mol. The highest BCUT2D eigenvalue weighted by atomic mass is 19.1. The van der Waals surface area contributed by atoms with Crippen LogP contribution >= 0.6 is 0 Å². The van der Waals surface area contributed by atoms with E-state index in [1.165, 1.54) is 12.1 Å². The number of rotatable bonds is 2. The molecule has 1 heterocycles. The van der Waals surface area contributed by atoms with Gasteiger partial charge in [-0.2, -0.15) is 0 Å². The molecule has 4 heteroatoms. The van der Waals surface area contributed by atoms with Crippen molar-refractivity contribution in [2.75, 3.05) is 5.73 Å². The maximum absolute atomic E-state index is 13.3. The van der Waals surface area contributed by atoms with Crippen molar-refractivity contribution in [3.8, 4) is 0 Å². The number of pyridine rings is 1. The Labute approximate surface area is 106 Å². The van der Waals surface area contributed by atoms with Gasteiger partial charge in [0.25, 0.3) is 0 Å². The molecule has 1 aromatic carbocycles. The van der Waals surface area contributed by atoms with Gasteiger partial charge in [0.2, 0.25) is 0 Å². The molecule has 2 rings (SSSR count). The van der Waals surface area contributed by atoms with Crippen LogP contribution in [0.3, 0.4) is 0 Å². The molecule has 0 fully saturated rings. The largest absolute Gasteiger partial charge is 0.383 e. The molecule has 0 amide bonds. The zero-order chi connectivity index (χ0) is 13.3. The molecule has 1 unspecified atom stereocenters. The lowest BCUT2D eigenvalue weighted by Gasteiger charge is -2.17. The Hall–Kier alpha value is -1.94. The SMILES string of the molecule is Cc1cnc(N)c(C(N)c2cc(F)ccc2C)c1. The van der Waals surface area contributed by atoms with Gasteiger partial charge in [-0.05, 0) is 48.7 Å². The van der Waals surface area contributed by atoms with Crippen molar-refractivity contribution in [3.63, 3.8) is 0 Å². The normalized spacial score (nSPS) is 12.4. The quantitative estimate of drug-likeness (QED) is 0.854. The number of benzene rings is 1. The van der Waals surface area contributed by atoms with Crippen LogP contribution in [-0.2, 0) is 0 Å². The number of hydrogen-bond acceptors (Lipinski definition) is 3. The third-order valence-corrected chi connectivity index (χ3v) is 3.00. The second-order valence-electron chi connectivity index (χ2n) is 4.47. The van der Waals surface area contributed by atoms with E-state index in [9.17, 15) is 4.39 Å². The van der Waals surface area contributed by atoms with E-state index in [2.05, 4.69) is 4.98 Å². The molecule has 1 aromatic heterocycles. The Morgan fingerprint density at radius 3 is 2.61 bits per heavy atom. The lowest BCUT2D eigenvalue weighted by molar-refractivity contribution is 0.622. The fraction of sp³-hybridized carbons (Fsp3) is 0.214. The fourth-order valence-corrected chi connectivity index (χ4v) is 1.97. The Morgan fingerprint density at radius 1 is 1.17 bits per heavy atom. The number of aryl methyl sites for hydroxylation is 2. The lowest BCUT2D eigenvalue weighted by Crippen LogP contribution is -2.16. The van der Waals surface area contributed by atoms with E-state index in [4.69, 9.17) is 11.5 Å². The first-order valence-electron chi connectivity index (χ1n) is 5.72. The van der Waals surface area contributed by atoms with Crippen LogP contribution in [0.5, 0.6) is 0 Å². The highest BCUT2D eigenvalue weighted by Crippen LogP contribution is 2.26. The summed E-state index contributed by atoms with van der Waals surface area (Å²) < 4.78 is 13.3. The summed E-state index contributed by atoms with van der Waals surface area (Å²) in [4.78, 5) is 4.08. The molecule has 0 aliphatic carbocycles. The van der Waals surface area contributed by atoms with Gasteiger partial charge >= 0.3 is 0 Å². The Bertz CT molecular complexity index is 530. The number of nitrogen functional groups attached to an aromatic ring is 1. The predicted octanol–water partition coefficient (Wildman–Crippen LogP) is 2.47. The summed E-state index contributed by atoms with van der Waals surface area (Å²) in [6, 6.07) is 6.00. The smallest absolute Gasteiger partial charge is 0.128 e. The number of anilines is 1.